The first-order valence-electron chi connectivity index (χ1n) is 4.13. The third-order valence-corrected chi connectivity index (χ3v) is 1.92. The topological polar surface area (TPSA) is 9.23 Å². The Morgan fingerprint density at radius 3 is 2.50 bits per heavy atom. The van der Waals surface area contributed by atoms with Crippen LogP contribution in [0.4, 0.5) is 0 Å². The highest BCUT2D eigenvalue weighted by Crippen LogP contribution is 2.14. The highest BCUT2D eigenvalue weighted by Gasteiger charge is 2.02. The van der Waals surface area contributed by atoms with Crippen molar-refractivity contribution in [1.82, 2.24) is 0 Å². The first-order chi connectivity index (χ1) is 4.85. The molecule has 0 amide bonds. The molecule has 0 aromatic heterocycles. The first kappa shape index (κ1) is 9.96. The molecule has 0 aromatic carbocycles. The standard InChI is InChI=1S/C9H19O/c1-4-6-9(5-2)7-8-10-3/h9H,1,4-8H2,2-3H3. The number of ether oxygens (including phenoxy) is 1. The molecule has 1 unspecified atom stereocenters. The van der Waals surface area contributed by atoms with Crippen LogP contribution in [0.25, 0.3) is 0 Å². The molecule has 1 nitrogen and oxygen atoms in total. The van der Waals surface area contributed by atoms with Gasteiger partial charge in [-0.1, -0.05) is 33.1 Å². The maximum absolute atomic E-state index is 5.00. The van der Waals surface area contributed by atoms with Crippen LogP contribution in [0.5, 0.6) is 0 Å². The minimum atomic E-state index is 0.831. The summed E-state index contributed by atoms with van der Waals surface area (Å²) in [5.74, 6) is 0.831. The lowest BCUT2D eigenvalue weighted by Gasteiger charge is -2.11. The summed E-state index contributed by atoms with van der Waals surface area (Å²) in [6, 6.07) is 0. The average Bonchev–Trinajstić information content (AvgIpc) is 1.98. The molecule has 0 aliphatic heterocycles. The number of rotatable bonds is 6. The van der Waals surface area contributed by atoms with Crippen molar-refractivity contribution in [3.63, 3.8) is 0 Å². The smallest absolute Gasteiger partial charge is 0.0464 e. The molecule has 0 N–H and O–H groups in total. The average molecular weight is 143 g/mol. The molecule has 1 atom stereocenters. The molecule has 0 rings (SSSR count). The van der Waals surface area contributed by atoms with E-state index in [2.05, 4.69) is 13.8 Å². The lowest BCUT2D eigenvalue weighted by atomic mass is 9.98. The van der Waals surface area contributed by atoms with Gasteiger partial charge < -0.3 is 4.74 Å². The molecule has 0 bridgehead atoms. The fourth-order valence-corrected chi connectivity index (χ4v) is 1.13. The zero-order valence-corrected chi connectivity index (χ0v) is 7.23. The molecule has 0 aliphatic carbocycles. The van der Waals surface area contributed by atoms with Crippen LogP contribution in [0.2, 0.25) is 0 Å². The van der Waals surface area contributed by atoms with E-state index in [1.54, 1.807) is 7.11 Å². The van der Waals surface area contributed by atoms with Crippen LogP contribution in [0, 0.1) is 12.8 Å². The Hall–Kier alpha value is -0.0400. The summed E-state index contributed by atoms with van der Waals surface area (Å²) >= 11 is 0. The highest BCUT2D eigenvalue weighted by molar-refractivity contribution is 4.57. The Bertz CT molecular complexity index is 61.7. The molecule has 61 valence electrons. The molecule has 0 aromatic rings. The van der Waals surface area contributed by atoms with Crippen molar-refractivity contribution in [2.45, 2.75) is 32.6 Å². The fraction of sp³-hybridized carbons (Fsp3) is 0.889. The number of hydrogen-bond donors (Lipinski definition) is 0. The van der Waals surface area contributed by atoms with E-state index in [1.165, 1.54) is 19.3 Å². The zero-order chi connectivity index (χ0) is 7.82. The van der Waals surface area contributed by atoms with Crippen LogP contribution in [-0.2, 0) is 4.74 Å². The summed E-state index contributed by atoms with van der Waals surface area (Å²) in [5, 5.41) is 0. The molecule has 0 saturated carbocycles. The highest BCUT2D eigenvalue weighted by atomic mass is 16.5. The molecule has 1 radical (unpaired) electrons. The van der Waals surface area contributed by atoms with Crippen LogP contribution >= 0.6 is 0 Å². The van der Waals surface area contributed by atoms with Crippen LogP contribution in [-0.4, -0.2) is 13.7 Å². The molecule has 1 heteroatoms. The SMILES string of the molecule is [CH2]CCC(CC)CCOC. The van der Waals surface area contributed by atoms with E-state index in [4.69, 9.17) is 4.74 Å². The molecule has 0 heterocycles. The Morgan fingerprint density at radius 1 is 1.40 bits per heavy atom. The minimum Gasteiger partial charge on any atom is -0.385 e. The van der Waals surface area contributed by atoms with E-state index >= 15 is 0 Å². The van der Waals surface area contributed by atoms with E-state index < -0.39 is 0 Å². The summed E-state index contributed by atoms with van der Waals surface area (Å²) in [4.78, 5) is 0. The molecule has 0 aliphatic rings. The van der Waals surface area contributed by atoms with Crippen molar-refractivity contribution in [1.29, 1.82) is 0 Å². The van der Waals surface area contributed by atoms with E-state index in [0.29, 0.717) is 0 Å². The Labute approximate surface area is 64.8 Å². The van der Waals surface area contributed by atoms with Gasteiger partial charge in [-0.3, -0.25) is 0 Å². The van der Waals surface area contributed by atoms with E-state index in [9.17, 15) is 0 Å². The molecule has 0 saturated heterocycles. The van der Waals surface area contributed by atoms with Gasteiger partial charge in [-0.25, -0.2) is 0 Å². The van der Waals surface area contributed by atoms with Gasteiger partial charge in [0.25, 0.3) is 0 Å². The number of hydrogen-bond acceptors (Lipinski definition) is 1. The Morgan fingerprint density at radius 2 is 2.10 bits per heavy atom. The Kier molecular flexibility index (Phi) is 7.04. The van der Waals surface area contributed by atoms with E-state index in [1.807, 2.05) is 0 Å². The minimum absolute atomic E-state index is 0.831. The van der Waals surface area contributed by atoms with Gasteiger partial charge in [-0.2, -0.15) is 0 Å². The van der Waals surface area contributed by atoms with Crippen molar-refractivity contribution in [2.24, 2.45) is 5.92 Å². The summed E-state index contributed by atoms with van der Waals surface area (Å²) in [5.41, 5.74) is 0. The second-order valence-corrected chi connectivity index (χ2v) is 2.70. The number of methoxy groups -OCH3 is 1. The second kappa shape index (κ2) is 7.07. The van der Waals surface area contributed by atoms with Crippen LogP contribution in [0.1, 0.15) is 32.6 Å². The van der Waals surface area contributed by atoms with Gasteiger partial charge in [0.1, 0.15) is 0 Å². The zero-order valence-electron chi connectivity index (χ0n) is 7.23. The molecule has 0 spiro atoms. The van der Waals surface area contributed by atoms with Gasteiger partial charge in [-0.15, -0.1) is 0 Å². The second-order valence-electron chi connectivity index (χ2n) is 2.70. The summed E-state index contributed by atoms with van der Waals surface area (Å²) < 4.78 is 5.00. The summed E-state index contributed by atoms with van der Waals surface area (Å²) in [6.07, 6.45) is 4.77. The van der Waals surface area contributed by atoms with Crippen molar-refractivity contribution in [3.05, 3.63) is 6.92 Å². The normalized spacial score (nSPS) is 13.5. The van der Waals surface area contributed by atoms with Crippen LogP contribution < -0.4 is 0 Å². The summed E-state index contributed by atoms with van der Waals surface area (Å²) in [7, 11) is 1.76. The quantitative estimate of drug-likeness (QED) is 0.555. The lowest BCUT2D eigenvalue weighted by Crippen LogP contribution is -2.02. The fourth-order valence-electron chi connectivity index (χ4n) is 1.13. The van der Waals surface area contributed by atoms with Crippen molar-refractivity contribution < 1.29 is 4.74 Å². The third kappa shape index (κ3) is 4.80. The van der Waals surface area contributed by atoms with Crippen molar-refractivity contribution in [2.75, 3.05) is 13.7 Å². The molecular weight excluding hydrogens is 124 g/mol. The summed E-state index contributed by atoms with van der Waals surface area (Å²) in [6.45, 7) is 6.97. The van der Waals surface area contributed by atoms with Gasteiger partial charge in [0.15, 0.2) is 0 Å². The maximum atomic E-state index is 5.00. The van der Waals surface area contributed by atoms with Gasteiger partial charge in [0, 0.05) is 13.7 Å². The van der Waals surface area contributed by atoms with Crippen LogP contribution in [0.15, 0.2) is 0 Å². The van der Waals surface area contributed by atoms with Gasteiger partial charge in [0.05, 0.1) is 0 Å². The largest absolute Gasteiger partial charge is 0.385 e. The first-order valence-corrected chi connectivity index (χ1v) is 4.13. The van der Waals surface area contributed by atoms with Gasteiger partial charge >= 0.3 is 0 Å². The maximum Gasteiger partial charge on any atom is 0.0464 e. The van der Waals surface area contributed by atoms with E-state index in [0.717, 1.165) is 18.9 Å². The van der Waals surface area contributed by atoms with Crippen molar-refractivity contribution in [3.8, 4) is 0 Å². The molecule has 0 fully saturated rings. The van der Waals surface area contributed by atoms with Gasteiger partial charge in [0.2, 0.25) is 0 Å². The van der Waals surface area contributed by atoms with Gasteiger partial charge in [-0.05, 0) is 12.3 Å². The van der Waals surface area contributed by atoms with Crippen molar-refractivity contribution >= 4 is 0 Å². The molecular formula is C9H19O. The monoisotopic (exact) mass is 143 g/mol. The third-order valence-electron chi connectivity index (χ3n) is 1.92. The van der Waals surface area contributed by atoms with E-state index in [-0.39, 0.29) is 0 Å². The van der Waals surface area contributed by atoms with Crippen LogP contribution in [0.3, 0.4) is 0 Å². The lowest BCUT2D eigenvalue weighted by molar-refractivity contribution is 0.174. The predicted molar refractivity (Wildman–Crippen MR) is 44.9 cm³/mol. The predicted octanol–water partition coefficient (Wildman–Crippen LogP) is 2.66. The Balaban J connectivity index is 3.21. The molecule has 10 heavy (non-hydrogen) atoms.